The van der Waals surface area contributed by atoms with Gasteiger partial charge < -0.3 is 10.4 Å². The van der Waals surface area contributed by atoms with Crippen LogP contribution in [0.25, 0.3) is 15.6 Å². The number of anilines is 1. The number of nitrogens with zero attached hydrogens (tertiary/aromatic N) is 1. The standard InChI is InChI=1S/C15H8BrClN2O2S3/c16-11-4-10-15(24-11)19(6-14(20)21)13(23-10)5-12-18-8-3-7(17)1-2-9(8)22-12/h1-5H,6H2,(H,20,21)/p+1. The minimum absolute atomic E-state index is 0.0600. The highest BCUT2D eigenvalue weighted by molar-refractivity contribution is 9.11. The Kier molecular flexibility index (Phi) is 4.34. The molecule has 122 valence electrons. The predicted octanol–water partition coefficient (Wildman–Crippen LogP) is 5.27. The molecule has 3 heterocycles. The van der Waals surface area contributed by atoms with E-state index in [0.29, 0.717) is 5.02 Å². The Morgan fingerprint density at radius 3 is 3.00 bits per heavy atom. The normalized spacial score (nSPS) is 15.0. The van der Waals surface area contributed by atoms with E-state index in [1.165, 1.54) is 0 Å². The molecule has 9 heteroatoms. The first kappa shape index (κ1) is 16.4. The van der Waals surface area contributed by atoms with Crippen molar-refractivity contribution in [3.05, 3.63) is 43.1 Å². The molecule has 2 N–H and O–H groups in total. The first-order valence-corrected chi connectivity index (χ1v) is 10.4. The Labute approximate surface area is 162 Å². The molecule has 0 unspecified atom stereocenters. The molecule has 1 aliphatic rings. The Hall–Kier alpha value is -1.06. The van der Waals surface area contributed by atoms with E-state index in [0.717, 1.165) is 33.9 Å². The van der Waals surface area contributed by atoms with Gasteiger partial charge in [-0.15, -0.1) is 0 Å². The SMILES string of the molecule is O=C(O)C[n+]1c(/C=C2/Nc3cc(Cl)ccc3S2)sc2cc(Br)sc21. The maximum absolute atomic E-state index is 11.2. The smallest absolute Gasteiger partial charge is 0.370 e. The second-order valence-corrected chi connectivity index (χ2v) is 10.0. The fraction of sp³-hybridized carbons (Fsp3) is 0.0667. The highest BCUT2D eigenvalue weighted by Gasteiger charge is 2.26. The number of fused-ring (bicyclic) bond motifs is 2. The van der Waals surface area contributed by atoms with E-state index in [1.807, 2.05) is 34.9 Å². The molecular weight excluding hydrogens is 452 g/mol. The number of carboxylic acids is 1. The molecule has 1 aliphatic heterocycles. The van der Waals surface area contributed by atoms with Crippen LogP contribution in [0.5, 0.6) is 0 Å². The molecule has 0 bridgehead atoms. The number of thiazole rings is 1. The Balaban J connectivity index is 1.74. The summed E-state index contributed by atoms with van der Waals surface area (Å²) < 4.78 is 3.91. The van der Waals surface area contributed by atoms with Gasteiger partial charge in [0.25, 0.3) is 9.84 Å². The number of benzene rings is 1. The molecule has 24 heavy (non-hydrogen) atoms. The zero-order chi connectivity index (χ0) is 16.8. The van der Waals surface area contributed by atoms with Crippen LogP contribution in [0.2, 0.25) is 5.02 Å². The quantitative estimate of drug-likeness (QED) is 0.523. The first-order chi connectivity index (χ1) is 11.5. The summed E-state index contributed by atoms with van der Waals surface area (Å²) in [4.78, 5) is 13.3. The van der Waals surface area contributed by atoms with Gasteiger partial charge in [0.15, 0.2) is 0 Å². The topological polar surface area (TPSA) is 53.2 Å². The number of halogens is 2. The molecule has 0 amide bonds. The molecule has 0 atom stereocenters. The Morgan fingerprint density at radius 1 is 1.38 bits per heavy atom. The summed E-state index contributed by atoms with van der Waals surface area (Å²) in [6.07, 6.45) is 1.99. The fourth-order valence-electron chi connectivity index (χ4n) is 2.40. The summed E-state index contributed by atoms with van der Waals surface area (Å²) in [5.74, 6) is -0.856. The van der Waals surface area contributed by atoms with Gasteiger partial charge in [0.1, 0.15) is 4.70 Å². The van der Waals surface area contributed by atoms with Gasteiger partial charge in [0.05, 0.1) is 20.6 Å². The molecule has 0 spiro atoms. The maximum Gasteiger partial charge on any atom is 0.370 e. The van der Waals surface area contributed by atoms with Gasteiger partial charge in [-0.25, -0.2) is 4.79 Å². The predicted molar refractivity (Wildman–Crippen MR) is 104 cm³/mol. The van der Waals surface area contributed by atoms with Gasteiger partial charge in [-0.2, -0.15) is 4.57 Å². The van der Waals surface area contributed by atoms with Crippen molar-refractivity contribution in [2.75, 3.05) is 5.32 Å². The average molecular weight is 461 g/mol. The number of carboxylic acid groups (broad SMARTS) is 1. The van der Waals surface area contributed by atoms with Crippen molar-refractivity contribution in [3.8, 4) is 0 Å². The average Bonchev–Trinajstić information content (AvgIpc) is 3.13. The number of rotatable bonds is 3. The van der Waals surface area contributed by atoms with Gasteiger partial charge in [-0.1, -0.05) is 46.0 Å². The molecule has 0 saturated heterocycles. The van der Waals surface area contributed by atoms with Crippen LogP contribution in [0.4, 0.5) is 5.69 Å². The number of nitrogens with one attached hydrogen (secondary N) is 1. The van der Waals surface area contributed by atoms with Crippen molar-refractivity contribution in [3.63, 3.8) is 0 Å². The Bertz CT molecular complexity index is 1010. The number of hydrogen-bond donors (Lipinski definition) is 2. The first-order valence-electron chi connectivity index (χ1n) is 6.79. The molecule has 1 aromatic carbocycles. The second kappa shape index (κ2) is 6.34. The maximum atomic E-state index is 11.2. The Morgan fingerprint density at radius 2 is 2.21 bits per heavy atom. The fourth-order valence-corrected chi connectivity index (χ4v) is 6.63. The number of thioether (sulfide) groups is 1. The van der Waals surface area contributed by atoms with Crippen molar-refractivity contribution >= 4 is 89.2 Å². The van der Waals surface area contributed by atoms with Crippen LogP contribution >= 0.6 is 62.0 Å². The molecule has 4 nitrogen and oxygen atoms in total. The van der Waals surface area contributed by atoms with Crippen LogP contribution in [0.3, 0.4) is 0 Å². The van der Waals surface area contributed by atoms with E-state index in [-0.39, 0.29) is 6.54 Å². The monoisotopic (exact) mass is 459 g/mol. The van der Waals surface area contributed by atoms with Crippen molar-refractivity contribution < 1.29 is 14.5 Å². The van der Waals surface area contributed by atoms with E-state index < -0.39 is 5.97 Å². The van der Waals surface area contributed by atoms with Crippen molar-refractivity contribution in [2.45, 2.75) is 11.4 Å². The van der Waals surface area contributed by atoms with Crippen LogP contribution in [0.15, 0.2) is 38.0 Å². The van der Waals surface area contributed by atoms with Crippen LogP contribution in [-0.2, 0) is 11.3 Å². The third-order valence-electron chi connectivity index (χ3n) is 3.34. The van der Waals surface area contributed by atoms with E-state index >= 15 is 0 Å². The van der Waals surface area contributed by atoms with E-state index in [4.69, 9.17) is 11.6 Å². The number of aromatic nitrogens is 1. The lowest BCUT2D eigenvalue weighted by molar-refractivity contribution is -0.655. The van der Waals surface area contributed by atoms with Gasteiger partial charge in [0.2, 0.25) is 6.54 Å². The third-order valence-corrected chi connectivity index (χ3v) is 7.46. The minimum Gasteiger partial charge on any atom is -0.477 e. The lowest BCUT2D eigenvalue weighted by atomic mass is 10.3. The summed E-state index contributed by atoms with van der Waals surface area (Å²) in [5.41, 5.74) is 0.977. The highest BCUT2D eigenvalue weighted by atomic mass is 79.9. The highest BCUT2D eigenvalue weighted by Crippen LogP contribution is 2.43. The number of carbonyl (C=O) groups is 1. The molecule has 0 aliphatic carbocycles. The summed E-state index contributed by atoms with van der Waals surface area (Å²) in [7, 11) is 0. The number of aliphatic carboxylic acids is 1. The van der Waals surface area contributed by atoms with Gasteiger partial charge in [-0.3, -0.25) is 0 Å². The van der Waals surface area contributed by atoms with E-state index in [2.05, 4.69) is 21.2 Å². The molecule has 2 aromatic heterocycles. The summed E-state index contributed by atoms with van der Waals surface area (Å²) in [5, 5.41) is 15.1. The molecule has 0 saturated carbocycles. The van der Waals surface area contributed by atoms with Crippen LogP contribution in [0, 0.1) is 0 Å². The second-order valence-electron chi connectivity index (χ2n) is 5.02. The van der Waals surface area contributed by atoms with Crippen LogP contribution < -0.4 is 9.88 Å². The van der Waals surface area contributed by atoms with Crippen LogP contribution in [0.1, 0.15) is 5.01 Å². The zero-order valence-corrected chi connectivity index (χ0v) is 16.7. The molecule has 0 fully saturated rings. The van der Waals surface area contributed by atoms with Crippen molar-refractivity contribution in [1.29, 1.82) is 0 Å². The zero-order valence-electron chi connectivity index (χ0n) is 11.9. The lowest BCUT2D eigenvalue weighted by Gasteiger charge is -1.98. The molecule has 4 rings (SSSR count). The van der Waals surface area contributed by atoms with Gasteiger partial charge >= 0.3 is 5.97 Å². The van der Waals surface area contributed by atoms with Gasteiger partial charge in [-0.05, 0) is 40.2 Å². The molecule has 0 radical (unpaired) electrons. The number of thiophene rings is 1. The largest absolute Gasteiger partial charge is 0.477 e. The van der Waals surface area contributed by atoms with Crippen LogP contribution in [-0.4, -0.2) is 11.1 Å². The summed E-state index contributed by atoms with van der Waals surface area (Å²) in [6, 6.07) is 7.75. The lowest BCUT2D eigenvalue weighted by Crippen LogP contribution is -2.38. The number of hydrogen-bond acceptors (Lipinski definition) is 5. The van der Waals surface area contributed by atoms with Crippen molar-refractivity contribution in [2.24, 2.45) is 0 Å². The molecule has 3 aromatic rings. The third kappa shape index (κ3) is 3.09. The van der Waals surface area contributed by atoms with E-state index in [9.17, 15) is 9.90 Å². The summed E-state index contributed by atoms with van der Waals surface area (Å²) >= 11 is 14.2. The summed E-state index contributed by atoms with van der Waals surface area (Å²) in [6.45, 7) is -0.0600. The van der Waals surface area contributed by atoms with Crippen molar-refractivity contribution in [1.82, 2.24) is 0 Å². The minimum atomic E-state index is -0.856. The van der Waals surface area contributed by atoms with E-state index in [1.54, 1.807) is 34.4 Å². The molecular formula is C15H9BrClN2O2S3+. The van der Waals surface area contributed by atoms with Gasteiger partial charge in [0, 0.05) is 9.92 Å².